The monoisotopic (exact) mass is 292 g/mol. The van der Waals surface area contributed by atoms with Crippen molar-refractivity contribution >= 4 is 5.91 Å². The lowest BCUT2D eigenvalue weighted by atomic mass is 10.1. The zero-order valence-corrected chi connectivity index (χ0v) is 12.2. The maximum Gasteiger partial charge on any atom is 0.251 e. The van der Waals surface area contributed by atoms with Crippen LogP contribution < -0.4 is 5.32 Å². The summed E-state index contributed by atoms with van der Waals surface area (Å²) in [6.45, 7) is 2.32. The minimum Gasteiger partial charge on any atom is -0.463 e. The molecule has 4 heteroatoms. The van der Waals surface area contributed by atoms with Gasteiger partial charge in [-0.05, 0) is 36.8 Å². The van der Waals surface area contributed by atoms with Crippen molar-refractivity contribution in [2.75, 3.05) is 0 Å². The lowest BCUT2D eigenvalue weighted by Crippen LogP contribution is -2.24. The van der Waals surface area contributed by atoms with Gasteiger partial charge >= 0.3 is 0 Å². The summed E-state index contributed by atoms with van der Waals surface area (Å²) in [5.74, 6) is 0.605. The van der Waals surface area contributed by atoms with Crippen LogP contribution in [0.3, 0.4) is 0 Å². The largest absolute Gasteiger partial charge is 0.463 e. The van der Waals surface area contributed by atoms with Gasteiger partial charge in [-0.3, -0.25) is 9.78 Å². The standard InChI is InChI=1S/C18H16N2O2/c1-13-6-2-3-8-15(13)18(21)20-12-14-7-4-10-19-17(14)16-9-5-11-22-16/h2-11H,12H2,1H3,(H,20,21). The van der Waals surface area contributed by atoms with E-state index in [0.29, 0.717) is 17.9 Å². The number of nitrogens with one attached hydrogen (secondary N) is 1. The zero-order valence-electron chi connectivity index (χ0n) is 12.2. The molecule has 3 aromatic rings. The Morgan fingerprint density at radius 2 is 2.00 bits per heavy atom. The highest BCUT2D eigenvalue weighted by Gasteiger charge is 2.11. The van der Waals surface area contributed by atoms with Crippen molar-refractivity contribution < 1.29 is 9.21 Å². The molecule has 3 rings (SSSR count). The fourth-order valence-corrected chi connectivity index (χ4v) is 2.31. The Morgan fingerprint density at radius 1 is 1.14 bits per heavy atom. The van der Waals surface area contributed by atoms with E-state index in [0.717, 1.165) is 16.8 Å². The molecule has 0 aliphatic rings. The third-order valence-corrected chi connectivity index (χ3v) is 3.47. The molecule has 1 aromatic carbocycles. The molecule has 0 aliphatic heterocycles. The predicted octanol–water partition coefficient (Wildman–Crippen LogP) is 3.58. The summed E-state index contributed by atoms with van der Waals surface area (Å²) >= 11 is 0. The smallest absolute Gasteiger partial charge is 0.251 e. The molecule has 0 saturated heterocycles. The van der Waals surface area contributed by atoms with E-state index in [1.807, 2.05) is 55.5 Å². The Bertz CT molecular complexity index is 779. The summed E-state index contributed by atoms with van der Waals surface area (Å²) < 4.78 is 5.40. The molecule has 1 amide bonds. The van der Waals surface area contributed by atoms with Crippen molar-refractivity contribution in [1.29, 1.82) is 0 Å². The van der Waals surface area contributed by atoms with Gasteiger partial charge in [0.25, 0.3) is 5.91 Å². The summed E-state index contributed by atoms with van der Waals surface area (Å²) in [5, 5.41) is 2.94. The lowest BCUT2D eigenvalue weighted by Gasteiger charge is -2.09. The first-order chi connectivity index (χ1) is 10.8. The van der Waals surface area contributed by atoms with Crippen LogP contribution in [-0.4, -0.2) is 10.9 Å². The summed E-state index contributed by atoms with van der Waals surface area (Å²) in [6, 6.07) is 15.0. The van der Waals surface area contributed by atoms with Crippen LogP contribution in [-0.2, 0) is 6.54 Å². The van der Waals surface area contributed by atoms with Crippen LogP contribution in [0.1, 0.15) is 21.5 Å². The summed E-state index contributed by atoms with van der Waals surface area (Å²) in [5.41, 5.74) is 3.31. The number of pyridine rings is 1. The molecule has 0 saturated carbocycles. The fourth-order valence-electron chi connectivity index (χ4n) is 2.31. The van der Waals surface area contributed by atoms with Crippen molar-refractivity contribution in [3.63, 3.8) is 0 Å². The number of hydrogen-bond acceptors (Lipinski definition) is 3. The van der Waals surface area contributed by atoms with E-state index in [2.05, 4.69) is 10.3 Å². The van der Waals surface area contributed by atoms with E-state index in [4.69, 9.17) is 4.42 Å². The van der Waals surface area contributed by atoms with Gasteiger partial charge in [0, 0.05) is 23.9 Å². The van der Waals surface area contributed by atoms with Crippen LogP contribution in [0.5, 0.6) is 0 Å². The first kappa shape index (κ1) is 14.1. The Labute approximate surface area is 128 Å². The predicted molar refractivity (Wildman–Crippen MR) is 84.3 cm³/mol. The molecular weight excluding hydrogens is 276 g/mol. The van der Waals surface area contributed by atoms with E-state index in [1.54, 1.807) is 12.5 Å². The highest BCUT2D eigenvalue weighted by atomic mass is 16.3. The van der Waals surface area contributed by atoms with Crippen LogP contribution in [0, 0.1) is 6.92 Å². The van der Waals surface area contributed by atoms with Crippen LogP contribution in [0.15, 0.2) is 65.4 Å². The van der Waals surface area contributed by atoms with E-state index in [-0.39, 0.29) is 5.91 Å². The molecule has 0 fully saturated rings. The number of benzene rings is 1. The topological polar surface area (TPSA) is 55.1 Å². The molecule has 0 bridgehead atoms. The van der Waals surface area contributed by atoms with Gasteiger partial charge in [-0.1, -0.05) is 24.3 Å². The highest BCUT2D eigenvalue weighted by Crippen LogP contribution is 2.21. The lowest BCUT2D eigenvalue weighted by molar-refractivity contribution is 0.0950. The normalized spacial score (nSPS) is 10.4. The summed E-state index contributed by atoms with van der Waals surface area (Å²) in [6.07, 6.45) is 3.32. The minimum absolute atomic E-state index is 0.0904. The molecule has 1 N–H and O–H groups in total. The number of hydrogen-bond donors (Lipinski definition) is 1. The number of carbonyl (C=O) groups is 1. The molecule has 0 radical (unpaired) electrons. The third-order valence-electron chi connectivity index (χ3n) is 3.47. The number of amides is 1. The molecule has 0 atom stereocenters. The van der Waals surface area contributed by atoms with Gasteiger partial charge in [-0.2, -0.15) is 0 Å². The Kier molecular flexibility index (Phi) is 4.01. The molecule has 0 aliphatic carbocycles. The molecule has 0 unspecified atom stereocenters. The third kappa shape index (κ3) is 2.91. The van der Waals surface area contributed by atoms with Gasteiger partial charge < -0.3 is 9.73 Å². The van der Waals surface area contributed by atoms with Gasteiger partial charge in [-0.25, -0.2) is 0 Å². The second-order valence-corrected chi connectivity index (χ2v) is 4.99. The Morgan fingerprint density at radius 3 is 2.77 bits per heavy atom. The van der Waals surface area contributed by atoms with Gasteiger partial charge in [0.1, 0.15) is 5.69 Å². The van der Waals surface area contributed by atoms with Crippen LogP contribution in [0.4, 0.5) is 0 Å². The second kappa shape index (κ2) is 6.26. The highest BCUT2D eigenvalue weighted by molar-refractivity contribution is 5.95. The van der Waals surface area contributed by atoms with Crippen LogP contribution in [0.2, 0.25) is 0 Å². The first-order valence-electron chi connectivity index (χ1n) is 7.07. The quantitative estimate of drug-likeness (QED) is 0.799. The Balaban J connectivity index is 1.78. The van der Waals surface area contributed by atoms with Gasteiger partial charge in [0.2, 0.25) is 0 Å². The van der Waals surface area contributed by atoms with E-state index in [1.165, 1.54) is 0 Å². The van der Waals surface area contributed by atoms with E-state index >= 15 is 0 Å². The van der Waals surface area contributed by atoms with Crippen LogP contribution >= 0.6 is 0 Å². The van der Waals surface area contributed by atoms with E-state index < -0.39 is 0 Å². The van der Waals surface area contributed by atoms with Crippen LogP contribution in [0.25, 0.3) is 11.5 Å². The van der Waals surface area contributed by atoms with Crippen molar-refractivity contribution in [3.05, 3.63) is 77.7 Å². The van der Waals surface area contributed by atoms with Crippen molar-refractivity contribution in [1.82, 2.24) is 10.3 Å². The molecule has 0 spiro atoms. The maximum atomic E-state index is 12.3. The molecule has 22 heavy (non-hydrogen) atoms. The Hall–Kier alpha value is -2.88. The summed E-state index contributed by atoms with van der Waals surface area (Å²) in [4.78, 5) is 16.6. The van der Waals surface area contributed by atoms with E-state index in [9.17, 15) is 4.79 Å². The zero-order chi connectivity index (χ0) is 15.4. The molecule has 2 aromatic heterocycles. The maximum absolute atomic E-state index is 12.3. The number of furan rings is 1. The van der Waals surface area contributed by atoms with Gasteiger partial charge in [0.05, 0.1) is 6.26 Å². The molecule has 4 nitrogen and oxygen atoms in total. The average Bonchev–Trinajstić information content (AvgIpc) is 3.07. The molecule has 2 heterocycles. The minimum atomic E-state index is -0.0904. The number of rotatable bonds is 4. The fraction of sp³-hybridized carbons (Fsp3) is 0.111. The molecule has 110 valence electrons. The number of aryl methyl sites for hydroxylation is 1. The molecular formula is C18H16N2O2. The SMILES string of the molecule is Cc1ccccc1C(=O)NCc1cccnc1-c1ccco1. The average molecular weight is 292 g/mol. The number of nitrogens with zero attached hydrogens (tertiary/aromatic N) is 1. The van der Waals surface area contributed by atoms with Gasteiger partial charge in [0.15, 0.2) is 5.76 Å². The summed E-state index contributed by atoms with van der Waals surface area (Å²) in [7, 11) is 0. The van der Waals surface area contributed by atoms with Crippen molar-refractivity contribution in [3.8, 4) is 11.5 Å². The first-order valence-corrected chi connectivity index (χ1v) is 7.07. The van der Waals surface area contributed by atoms with Crippen molar-refractivity contribution in [2.24, 2.45) is 0 Å². The van der Waals surface area contributed by atoms with Gasteiger partial charge in [-0.15, -0.1) is 0 Å². The number of aromatic nitrogens is 1. The second-order valence-electron chi connectivity index (χ2n) is 4.99. The van der Waals surface area contributed by atoms with Crippen molar-refractivity contribution in [2.45, 2.75) is 13.5 Å². The number of carbonyl (C=O) groups excluding carboxylic acids is 1.